The zero-order chi connectivity index (χ0) is 15.4. The van der Waals surface area contributed by atoms with Crippen LogP contribution >= 0.6 is 27.5 Å². The Morgan fingerprint density at radius 1 is 1.48 bits per heavy atom. The molecule has 0 aliphatic heterocycles. The third-order valence-electron chi connectivity index (χ3n) is 3.32. The minimum atomic E-state index is -0.151. The number of methoxy groups -OCH3 is 1. The van der Waals surface area contributed by atoms with Gasteiger partial charge in [0.2, 0.25) is 0 Å². The van der Waals surface area contributed by atoms with E-state index in [0.717, 1.165) is 47.7 Å². The fourth-order valence-electron chi connectivity index (χ4n) is 2.16. The Kier molecular flexibility index (Phi) is 5.98. The van der Waals surface area contributed by atoms with Crippen molar-refractivity contribution in [1.29, 1.82) is 0 Å². The van der Waals surface area contributed by atoms with Gasteiger partial charge in [-0.15, -0.1) is 11.6 Å². The quantitative estimate of drug-likeness (QED) is 0.698. The third kappa shape index (κ3) is 4.16. The molecule has 0 aliphatic carbocycles. The highest BCUT2D eigenvalue weighted by Gasteiger charge is 2.16. The fourth-order valence-corrected chi connectivity index (χ4v) is 2.64. The SMILES string of the molecule is COCCN(C)CCn1c(C(C)Cl)nc2cc(Br)cnc21. The lowest BCUT2D eigenvalue weighted by Crippen LogP contribution is -2.27. The van der Waals surface area contributed by atoms with Crippen LogP contribution in [0.1, 0.15) is 18.1 Å². The smallest absolute Gasteiger partial charge is 0.160 e. The summed E-state index contributed by atoms with van der Waals surface area (Å²) in [5.41, 5.74) is 1.74. The number of hydrogen-bond acceptors (Lipinski definition) is 4. The summed E-state index contributed by atoms with van der Waals surface area (Å²) < 4.78 is 8.12. The Labute approximate surface area is 138 Å². The summed E-state index contributed by atoms with van der Waals surface area (Å²) in [6.45, 7) is 5.25. The molecule has 0 saturated heterocycles. The minimum absolute atomic E-state index is 0.151. The fraction of sp³-hybridized carbons (Fsp3) is 0.571. The summed E-state index contributed by atoms with van der Waals surface area (Å²) in [5, 5.41) is -0.151. The van der Waals surface area contributed by atoms with E-state index in [9.17, 15) is 0 Å². The maximum absolute atomic E-state index is 6.26. The first-order chi connectivity index (χ1) is 10.0. The molecule has 116 valence electrons. The molecule has 0 amide bonds. The number of nitrogens with zero attached hydrogens (tertiary/aromatic N) is 4. The minimum Gasteiger partial charge on any atom is -0.383 e. The Bertz CT molecular complexity index is 602. The van der Waals surface area contributed by atoms with Crippen LogP contribution in [0.5, 0.6) is 0 Å². The van der Waals surface area contributed by atoms with E-state index in [1.54, 1.807) is 13.3 Å². The summed E-state index contributed by atoms with van der Waals surface area (Å²) in [7, 11) is 3.79. The zero-order valence-electron chi connectivity index (χ0n) is 12.5. The molecule has 2 heterocycles. The largest absolute Gasteiger partial charge is 0.383 e. The van der Waals surface area contributed by atoms with Crippen LogP contribution in [0.25, 0.3) is 11.2 Å². The molecule has 0 fully saturated rings. The normalized spacial score (nSPS) is 13.2. The number of alkyl halides is 1. The van der Waals surface area contributed by atoms with Crippen molar-refractivity contribution in [2.24, 2.45) is 0 Å². The van der Waals surface area contributed by atoms with Crippen molar-refractivity contribution >= 4 is 38.7 Å². The van der Waals surface area contributed by atoms with Crippen LogP contribution in [-0.2, 0) is 11.3 Å². The maximum atomic E-state index is 6.26. The number of ether oxygens (including phenoxy) is 1. The summed E-state index contributed by atoms with van der Waals surface area (Å²) in [4.78, 5) is 11.3. The average Bonchev–Trinajstić information content (AvgIpc) is 2.80. The molecule has 7 heteroatoms. The number of pyridine rings is 1. The average molecular weight is 376 g/mol. The van der Waals surface area contributed by atoms with Gasteiger partial charge in [-0.25, -0.2) is 9.97 Å². The first kappa shape index (κ1) is 16.7. The second kappa shape index (κ2) is 7.54. The second-order valence-electron chi connectivity index (χ2n) is 5.03. The van der Waals surface area contributed by atoms with Crippen LogP contribution in [0.15, 0.2) is 16.7 Å². The molecule has 21 heavy (non-hydrogen) atoms. The van der Waals surface area contributed by atoms with E-state index in [1.807, 2.05) is 13.0 Å². The lowest BCUT2D eigenvalue weighted by Gasteiger charge is -2.17. The van der Waals surface area contributed by atoms with Crippen LogP contribution in [0.3, 0.4) is 0 Å². The zero-order valence-corrected chi connectivity index (χ0v) is 14.9. The Balaban J connectivity index is 2.22. The number of imidazole rings is 1. The van der Waals surface area contributed by atoms with Crippen molar-refractivity contribution in [1.82, 2.24) is 19.4 Å². The van der Waals surface area contributed by atoms with Gasteiger partial charge in [-0.3, -0.25) is 0 Å². The molecule has 0 aliphatic rings. The maximum Gasteiger partial charge on any atom is 0.160 e. The van der Waals surface area contributed by atoms with Crippen molar-refractivity contribution < 1.29 is 4.74 Å². The molecule has 0 radical (unpaired) electrons. The van der Waals surface area contributed by atoms with Crippen molar-refractivity contribution in [2.75, 3.05) is 33.9 Å². The number of hydrogen-bond donors (Lipinski definition) is 0. The van der Waals surface area contributed by atoms with E-state index >= 15 is 0 Å². The lowest BCUT2D eigenvalue weighted by molar-refractivity contribution is 0.159. The van der Waals surface area contributed by atoms with E-state index < -0.39 is 0 Å². The van der Waals surface area contributed by atoms with Gasteiger partial charge in [0, 0.05) is 37.4 Å². The molecule has 1 atom stereocenters. The second-order valence-corrected chi connectivity index (χ2v) is 6.60. The highest BCUT2D eigenvalue weighted by molar-refractivity contribution is 9.10. The number of aromatic nitrogens is 3. The van der Waals surface area contributed by atoms with Crippen molar-refractivity contribution in [3.05, 3.63) is 22.6 Å². The molecule has 0 spiro atoms. The molecule has 0 bridgehead atoms. The van der Waals surface area contributed by atoms with E-state index in [-0.39, 0.29) is 5.38 Å². The van der Waals surface area contributed by atoms with Gasteiger partial charge in [0.1, 0.15) is 11.3 Å². The predicted octanol–water partition coefficient (Wildman–Crippen LogP) is 3.07. The van der Waals surface area contributed by atoms with E-state index in [2.05, 4.69) is 42.4 Å². The number of fused-ring (bicyclic) bond motifs is 1. The van der Waals surface area contributed by atoms with Gasteiger partial charge in [0.15, 0.2) is 5.65 Å². The highest BCUT2D eigenvalue weighted by atomic mass is 79.9. The van der Waals surface area contributed by atoms with Gasteiger partial charge >= 0.3 is 0 Å². The Morgan fingerprint density at radius 2 is 2.24 bits per heavy atom. The topological polar surface area (TPSA) is 43.2 Å². The molecule has 0 aromatic carbocycles. The molecular weight excluding hydrogens is 356 g/mol. The standard InChI is InChI=1S/C14H20BrClN4O/c1-10(16)13-18-12-8-11(15)9-17-14(12)20(13)5-4-19(2)6-7-21-3/h8-10H,4-7H2,1-3H3. The van der Waals surface area contributed by atoms with Gasteiger partial charge in [0.05, 0.1) is 12.0 Å². The van der Waals surface area contributed by atoms with Crippen LogP contribution in [-0.4, -0.2) is 53.3 Å². The van der Waals surface area contributed by atoms with Crippen LogP contribution in [0.4, 0.5) is 0 Å². The number of halogens is 2. The highest BCUT2D eigenvalue weighted by Crippen LogP contribution is 2.25. The van der Waals surface area contributed by atoms with Crippen LogP contribution < -0.4 is 0 Å². The van der Waals surface area contributed by atoms with E-state index in [1.165, 1.54) is 0 Å². The van der Waals surface area contributed by atoms with Gasteiger partial charge in [-0.2, -0.15) is 0 Å². The van der Waals surface area contributed by atoms with Crippen molar-refractivity contribution in [3.8, 4) is 0 Å². The predicted molar refractivity (Wildman–Crippen MR) is 88.9 cm³/mol. The van der Waals surface area contributed by atoms with Crippen molar-refractivity contribution in [3.63, 3.8) is 0 Å². The summed E-state index contributed by atoms with van der Waals surface area (Å²) in [5.74, 6) is 0.859. The molecule has 2 aromatic heterocycles. The molecular formula is C14H20BrClN4O. The Morgan fingerprint density at radius 3 is 2.90 bits per heavy atom. The van der Waals surface area contributed by atoms with Crippen LogP contribution in [0.2, 0.25) is 0 Å². The van der Waals surface area contributed by atoms with Gasteiger partial charge < -0.3 is 14.2 Å². The van der Waals surface area contributed by atoms with E-state index in [0.29, 0.717) is 0 Å². The molecule has 0 saturated carbocycles. The molecule has 1 unspecified atom stereocenters. The lowest BCUT2D eigenvalue weighted by atomic mass is 10.4. The number of likely N-dealkylation sites (N-methyl/N-ethyl adjacent to an activating group) is 1. The van der Waals surface area contributed by atoms with Gasteiger partial charge in [-0.05, 0) is 36.0 Å². The summed E-state index contributed by atoms with van der Waals surface area (Å²) in [6.07, 6.45) is 1.79. The van der Waals surface area contributed by atoms with E-state index in [4.69, 9.17) is 16.3 Å². The first-order valence-corrected chi connectivity index (χ1v) is 8.09. The molecule has 2 rings (SSSR count). The third-order valence-corrected chi connectivity index (χ3v) is 3.95. The van der Waals surface area contributed by atoms with Crippen molar-refractivity contribution in [2.45, 2.75) is 18.8 Å². The summed E-state index contributed by atoms with van der Waals surface area (Å²) >= 11 is 9.69. The Hall–Kier alpha value is -0.690. The van der Waals surface area contributed by atoms with Crippen LogP contribution in [0, 0.1) is 0 Å². The monoisotopic (exact) mass is 374 g/mol. The summed E-state index contributed by atoms with van der Waals surface area (Å²) in [6, 6.07) is 1.97. The van der Waals surface area contributed by atoms with Gasteiger partial charge in [-0.1, -0.05) is 0 Å². The first-order valence-electron chi connectivity index (χ1n) is 6.86. The number of rotatable bonds is 7. The van der Waals surface area contributed by atoms with Gasteiger partial charge in [0.25, 0.3) is 0 Å². The molecule has 2 aromatic rings. The molecule has 0 N–H and O–H groups in total. The molecule has 5 nitrogen and oxygen atoms in total.